The number of morpholine rings is 1. The van der Waals surface area contributed by atoms with Gasteiger partial charge in [-0.3, -0.25) is 4.90 Å². The van der Waals surface area contributed by atoms with Crippen molar-refractivity contribution in [1.82, 2.24) is 29.5 Å². The maximum absolute atomic E-state index is 6.27. The van der Waals surface area contributed by atoms with Gasteiger partial charge in [-0.05, 0) is 46.0 Å². The van der Waals surface area contributed by atoms with Crippen LogP contribution < -0.4 is 4.90 Å². The molecule has 6 rings (SSSR count). The van der Waals surface area contributed by atoms with Crippen LogP contribution in [0, 0.1) is 6.92 Å². The normalized spacial score (nSPS) is 17.8. The molecule has 2 aliphatic heterocycles. The van der Waals surface area contributed by atoms with Crippen molar-refractivity contribution in [1.29, 1.82) is 0 Å². The lowest BCUT2D eigenvalue weighted by Crippen LogP contribution is -2.41. The first-order valence-corrected chi connectivity index (χ1v) is 13.2. The van der Waals surface area contributed by atoms with Gasteiger partial charge in [-0.1, -0.05) is 23.8 Å². The van der Waals surface area contributed by atoms with Crippen LogP contribution in [0.3, 0.4) is 0 Å². The van der Waals surface area contributed by atoms with E-state index in [1.165, 1.54) is 5.56 Å². The molecule has 37 heavy (non-hydrogen) atoms. The van der Waals surface area contributed by atoms with Gasteiger partial charge in [-0.25, -0.2) is 9.67 Å². The average molecular weight is 502 g/mol. The number of likely N-dealkylation sites (tertiary alicyclic amines) is 1. The summed E-state index contributed by atoms with van der Waals surface area (Å²) >= 11 is 0. The Morgan fingerprint density at radius 3 is 2.57 bits per heavy atom. The van der Waals surface area contributed by atoms with Crippen molar-refractivity contribution >= 4 is 16.9 Å². The van der Waals surface area contributed by atoms with E-state index in [9.17, 15) is 0 Å². The maximum atomic E-state index is 6.27. The van der Waals surface area contributed by atoms with Gasteiger partial charge in [0.05, 0.1) is 31.1 Å². The zero-order chi connectivity index (χ0) is 25.4. The second kappa shape index (κ2) is 10.2. The number of oxazole rings is 1. The zero-order valence-electron chi connectivity index (χ0n) is 21.9. The summed E-state index contributed by atoms with van der Waals surface area (Å²) in [6, 6.07) is 13.1. The first-order chi connectivity index (χ1) is 18.0. The third-order valence-corrected chi connectivity index (χ3v) is 7.51. The lowest BCUT2D eigenvalue weighted by atomic mass is 10.0. The fourth-order valence-electron chi connectivity index (χ4n) is 5.35. The molecule has 0 radical (unpaired) electrons. The Morgan fingerprint density at radius 2 is 1.81 bits per heavy atom. The van der Waals surface area contributed by atoms with Gasteiger partial charge in [0.2, 0.25) is 5.89 Å². The summed E-state index contributed by atoms with van der Waals surface area (Å²) in [5.74, 6) is 1.45. The third-order valence-electron chi connectivity index (χ3n) is 7.51. The SMILES string of the molecule is Cc1cccc(-c2ccn(-c3cc(N4CCOCC4)c4nc(CN5CCC(N(C)C)CC5)oc4n3)n2)c1. The number of aryl methyl sites for hydroxylation is 1. The topological polar surface area (TPSA) is 75.7 Å². The third kappa shape index (κ3) is 5.12. The molecule has 2 aliphatic rings. The standard InChI is InChI=1S/C28H35N7O2/c1-20-5-4-6-21(17-20)23-9-12-35(31-23)25-18-24(34-13-15-36-16-14-34)27-28(29-25)37-26(30-27)19-33-10-7-22(8-11-33)32(2)3/h4-6,9,12,17-18,22H,7-8,10-11,13-16,19H2,1-3H3. The molecule has 194 valence electrons. The molecule has 0 saturated carbocycles. The molecule has 2 saturated heterocycles. The first kappa shape index (κ1) is 24.1. The number of aromatic nitrogens is 4. The van der Waals surface area contributed by atoms with Crippen molar-refractivity contribution in [2.24, 2.45) is 0 Å². The Kier molecular flexibility index (Phi) is 6.67. The number of ether oxygens (including phenoxy) is 1. The summed E-state index contributed by atoms with van der Waals surface area (Å²) in [4.78, 5) is 16.9. The minimum absolute atomic E-state index is 0.560. The van der Waals surface area contributed by atoms with Gasteiger partial charge in [0, 0.05) is 50.0 Å². The van der Waals surface area contributed by atoms with Crippen molar-refractivity contribution in [3.8, 4) is 17.1 Å². The number of rotatable bonds is 6. The molecular weight excluding hydrogens is 466 g/mol. The average Bonchev–Trinajstić information content (AvgIpc) is 3.56. The molecule has 1 aromatic carbocycles. The van der Waals surface area contributed by atoms with Crippen molar-refractivity contribution in [3.05, 3.63) is 54.0 Å². The highest BCUT2D eigenvalue weighted by molar-refractivity contribution is 5.86. The van der Waals surface area contributed by atoms with Crippen molar-refractivity contribution in [3.63, 3.8) is 0 Å². The number of pyridine rings is 1. The molecule has 0 amide bonds. The van der Waals surface area contributed by atoms with Crippen LogP contribution in [0.4, 0.5) is 5.69 Å². The fraction of sp³-hybridized carbons (Fsp3) is 0.464. The van der Waals surface area contributed by atoms with E-state index in [2.05, 4.69) is 66.1 Å². The monoisotopic (exact) mass is 501 g/mol. The van der Waals surface area contributed by atoms with Crippen molar-refractivity contribution in [2.75, 3.05) is 58.4 Å². The van der Waals surface area contributed by atoms with Crippen LogP contribution in [0.15, 0.2) is 47.0 Å². The molecular formula is C28H35N7O2. The molecule has 0 atom stereocenters. The molecule has 0 unspecified atom stereocenters. The lowest BCUT2D eigenvalue weighted by molar-refractivity contribution is 0.123. The Hall–Kier alpha value is -3.27. The van der Waals surface area contributed by atoms with Gasteiger partial charge in [0.1, 0.15) is 0 Å². The van der Waals surface area contributed by atoms with Gasteiger partial charge in [-0.2, -0.15) is 10.1 Å². The van der Waals surface area contributed by atoms with Crippen molar-refractivity contribution in [2.45, 2.75) is 32.4 Å². The Labute approximate surface area is 217 Å². The highest BCUT2D eigenvalue weighted by Gasteiger charge is 2.24. The van der Waals surface area contributed by atoms with Gasteiger partial charge in [0.25, 0.3) is 5.71 Å². The summed E-state index contributed by atoms with van der Waals surface area (Å²) in [5.41, 5.74) is 5.62. The summed E-state index contributed by atoms with van der Waals surface area (Å²) in [5, 5.41) is 4.84. The molecule has 5 heterocycles. The minimum atomic E-state index is 0.560. The van der Waals surface area contributed by atoms with E-state index in [1.807, 2.05) is 16.9 Å². The van der Waals surface area contributed by atoms with E-state index >= 15 is 0 Å². The number of fused-ring (bicyclic) bond motifs is 1. The van der Waals surface area contributed by atoms with Crippen LogP contribution >= 0.6 is 0 Å². The molecule has 3 aromatic heterocycles. The molecule has 0 spiro atoms. The summed E-state index contributed by atoms with van der Waals surface area (Å²) in [7, 11) is 4.34. The largest absolute Gasteiger partial charge is 0.421 e. The van der Waals surface area contributed by atoms with E-state index in [0.717, 1.165) is 73.2 Å². The summed E-state index contributed by atoms with van der Waals surface area (Å²) in [6.45, 7) is 7.91. The van der Waals surface area contributed by atoms with E-state index in [1.54, 1.807) is 0 Å². The van der Waals surface area contributed by atoms with Crippen LogP contribution in [0.25, 0.3) is 28.3 Å². The minimum Gasteiger partial charge on any atom is -0.421 e. The molecule has 0 aliphatic carbocycles. The predicted octanol–water partition coefficient (Wildman–Crippen LogP) is 3.75. The van der Waals surface area contributed by atoms with E-state index < -0.39 is 0 Å². The van der Waals surface area contributed by atoms with Crippen LogP contribution in [0.1, 0.15) is 24.3 Å². The van der Waals surface area contributed by atoms with Gasteiger partial charge >= 0.3 is 0 Å². The van der Waals surface area contributed by atoms with E-state index in [4.69, 9.17) is 24.2 Å². The van der Waals surface area contributed by atoms with Gasteiger partial charge in [-0.15, -0.1) is 0 Å². The highest BCUT2D eigenvalue weighted by atomic mass is 16.5. The molecule has 0 bridgehead atoms. The highest BCUT2D eigenvalue weighted by Crippen LogP contribution is 2.30. The molecule has 9 nitrogen and oxygen atoms in total. The Bertz CT molecular complexity index is 1360. The molecule has 4 aromatic rings. The van der Waals surface area contributed by atoms with E-state index in [-0.39, 0.29) is 0 Å². The number of hydrogen-bond donors (Lipinski definition) is 0. The fourth-order valence-corrected chi connectivity index (χ4v) is 5.35. The van der Waals surface area contributed by atoms with Gasteiger partial charge < -0.3 is 19.0 Å². The smallest absolute Gasteiger partial charge is 0.251 e. The van der Waals surface area contributed by atoms with E-state index in [0.29, 0.717) is 31.5 Å². The summed E-state index contributed by atoms with van der Waals surface area (Å²) in [6.07, 6.45) is 4.29. The Balaban J connectivity index is 1.32. The quantitative estimate of drug-likeness (QED) is 0.396. The van der Waals surface area contributed by atoms with Crippen LogP contribution in [-0.2, 0) is 11.3 Å². The Morgan fingerprint density at radius 1 is 1.00 bits per heavy atom. The van der Waals surface area contributed by atoms with Crippen LogP contribution in [-0.4, -0.2) is 89.1 Å². The summed E-state index contributed by atoms with van der Waals surface area (Å²) < 4.78 is 13.7. The molecule has 2 fully saturated rings. The number of nitrogens with zero attached hydrogens (tertiary/aromatic N) is 7. The van der Waals surface area contributed by atoms with Crippen LogP contribution in [0.5, 0.6) is 0 Å². The number of anilines is 1. The van der Waals surface area contributed by atoms with Crippen molar-refractivity contribution < 1.29 is 9.15 Å². The predicted molar refractivity (Wildman–Crippen MR) is 144 cm³/mol. The number of benzene rings is 1. The maximum Gasteiger partial charge on any atom is 0.251 e. The second-order valence-corrected chi connectivity index (χ2v) is 10.3. The molecule has 0 N–H and O–H groups in total. The van der Waals surface area contributed by atoms with Gasteiger partial charge in [0.15, 0.2) is 11.3 Å². The second-order valence-electron chi connectivity index (χ2n) is 10.3. The number of hydrogen-bond acceptors (Lipinski definition) is 8. The zero-order valence-corrected chi connectivity index (χ0v) is 21.9. The number of piperidine rings is 1. The lowest BCUT2D eigenvalue weighted by Gasteiger charge is -2.34. The first-order valence-electron chi connectivity index (χ1n) is 13.2. The van der Waals surface area contributed by atoms with Crippen LogP contribution in [0.2, 0.25) is 0 Å². The molecule has 9 heteroatoms.